The van der Waals surface area contributed by atoms with Crippen LogP contribution >= 0.6 is 22.9 Å². The molecule has 0 aliphatic carbocycles. The molecule has 3 heterocycles. The number of fused-ring (bicyclic) bond motifs is 1. The van der Waals surface area contributed by atoms with Gasteiger partial charge in [0.2, 0.25) is 0 Å². The van der Waals surface area contributed by atoms with Crippen molar-refractivity contribution in [3.63, 3.8) is 0 Å². The van der Waals surface area contributed by atoms with Crippen molar-refractivity contribution in [3.8, 4) is 11.3 Å². The van der Waals surface area contributed by atoms with E-state index in [1.807, 2.05) is 18.2 Å². The van der Waals surface area contributed by atoms with E-state index in [1.54, 1.807) is 16.9 Å². The number of halogens is 3. The van der Waals surface area contributed by atoms with Gasteiger partial charge in [-0.3, -0.25) is 4.79 Å². The number of anilines is 1. The van der Waals surface area contributed by atoms with Gasteiger partial charge < -0.3 is 4.90 Å². The SMILES string of the molecule is CN(C(=O)c1nc(-c2cnn3ccccc23)c(Cl)s1)c1ccc(F)cc1F. The van der Waals surface area contributed by atoms with Crippen molar-refractivity contribution in [1.82, 2.24) is 14.6 Å². The van der Waals surface area contributed by atoms with Crippen molar-refractivity contribution in [3.05, 3.63) is 69.8 Å². The van der Waals surface area contributed by atoms with Crippen LogP contribution in [0, 0.1) is 11.6 Å². The molecule has 0 aliphatic rings. The Labute approximate surface area is 161 Å². The topological polar surface area (TPSA) is 50.5 Å². The van der Waals surface area contributed by atoms with E-state index in [0.29, 0.717) is 15.6 Å². The molecule has 3 aromatic heterocycles. The van der Waals surface area contributed by atoms with Gasteiger partial charge >= 0.3 is 0 Å². The van der Waals surface area contributed by atoms with Gasteiger partial charge in [-0.15, -0.1) is 0 Å². The van der Waals surface area contributed by atoms with Crippen LogP contribution in [0.1, 0.15) is 9.80 Å². The van der Waals surface area contributed by atoms with Gasteiger partial charge in [0, 0.05) is 24.9 Å². The maximum Gasteiger partial charge on any atom is 0.287 e. The van der Waals surface area contributed by atoms with E-state index >= 15 is 0 Å². The zero-order valence-corrected chi connectivity index (χ0v) is 15.4. The van der Waals surface area contributed by atoms with Crippen LogP contribution in [0.25, 0.3) is 16.8 Å². The predicted octanol–water partition coefficient (Wildman–Crippen LogP) is 4.67. The summed E-state index contributed by atoms with van der Waals surface area (Å²) in [6.45, 7) is 0. The Balaban J connectivity index is 1.71. The summed E-state index contributed by atoms with van der Waals surface area (Å²) in [5.74, 6) is -2.10. The van der Waals surface area contributed by atoms with Crippen molar-refractivity contribution in [1.29, 1.82) is 0 Å². The van der Waals surface area contributed by atoms with Crippen LogP contribution in [-0.4, -0.2) is 27.6 Å². The highest BCUT2D eigenvalue weighted by Gasteiger charge is 2.24. The Bertz CT molecular complexity index is 1170. The third kappa shape index (κ3) is 3.07. The van der Waals surface area contributed by atoms with E-state index in [0.717, 1.165) is 33.9 Å². The first-order valence-electron chi connectivity index (χ1n) is 7.78. The predicted molar refractivity (Wildman–Crippen MR) is 100 cm³/mol. The number of nitrogens with zero attached hydrogens (tertiary/aromatic N) is 4. The molecule has 0 radical (unpaired) electrons. The van der Waals surface area contributed by atoms with Crippen LogP contribution in [0.2, 0.25) is 4.34 Å². The molecule has 1 aromatic carbocycles. The van der Waals surface area contributed by atoms with Crippen LogP contribution in [-0.2, 0) is 0 Å². The molecule has 0 saturated heterocycles. The molecular formula is C18H11ClF2N4OS. The minimum atomic E-state index is -0.837. The minimum Gasteiger partial charge on any atom is -0.307 e. The molecule has 5 nitrogen and oxygen atoms in total. The number of benzene rings is 1. The summed E-state index contributed by atoms with van der Waals surface area (Å²) in [6, 6.07) is 8.56. The molecule has 136 valence electrons. The van der Waals surface area contributed by atoms with Gasteiger partial charge in [-0.1, -0.05) is 29.0 Å². The molecule has 1 amide bonds. The van der Waals surface area contributed by atoms with Gasteiger partial charge in [-0.2, -0.15) is 5.10 Å². The fraction of sp³-hybridized carbons (Fsp3) is 0.0556. The van der Waals surface area contributed by atoms with Gasteiger partial charge in [0.25, 0.3) is 5.91 Å². The molecule has 0 spiro atoms. The van der Waals surface area contributed by atoms with E-state index in [-0.39, 0.29) is 10.7 Å². The average Bonchev–Trinajstić information content (AvgIpc) is 3.24. The summed E-state index contributed by atoms with van der Waals surface area (Å²) < 4.78 is 29.1. The van der Waals surface area contributed by atoms with Gasteiger partial charge in [0.1, 0.15) is 21.7 Å². The summed E-state index contributed by atoms with van der Waals surface area (Å²) >= 11 is 7.30. The molecule has 0 saturated carbocycles. The van der Waals surface area contributed by atoms with Crippen molar-refractivity contribution in [2.45, 2.75) is 0 Å². The highest BCUT2D eigenvalue weighted by atomic mass is 35.5. The molecule has 0 aliphatic heterocycles. The summed E-state index contributed by atoms with van der Waals surface area (Å²) in [7, 11) is 1.39. The Morgan fingerprint density at radius 3 is 2.85 bits per heavy atom. The lowest BCUT2D eigenvalue weighted by atomic mass is 10.2. The van der Waals surface area contributed by atoms with Gasteiger partial charge in [0.15, 0.2) is 5.01 Å². The maximum atomic E-state index is 14.0. The Hall–Kier alpha value is -2.84. The first-order chi connectivity index (χ1) is 13.0. The van der Waals surface area contributed by atoms with Crippen LogP contribution in [0.15, 0.2) is 48.8 Å². The van der Waals surface area contributed by atoms with Crippen molar-refractivity contribution < 1.29 is 13.6 Å². The molecule has 0 atom stereocenters. The lowest BCUT2D eigenvalue weighted by Crippen LogP contribution is -2.27. The third-order valence-corrected chi connectivity index (χ3v) is 5.27. The normalized spacial score (nSPS) is 11.1. The van der Waals surface area contributed by atoms with E-state index in [9.17, 15) is 13.6 Å². The molecule has 0 N–H and O–H groups in total. The van der Waals surface area contributed by atoms with E-state index in [2.05, 4.69) is 10.1 Å². The number of rotatable bonds is 3. The van der Waals surface area contributed by atoms with Gasteiger partial charge in [-0.05, 0) is 24.3 Å². The highest BCUT2D eigenvalue weighted by Crippen LogP contribution is 2.35. The monoisotopic (exact) mass is 404 g/mol. The average molecular weight is 405 g/mol. The molecular weight excluding hydrogens is 394 g/mol. The maximum absolute atomic E-state index is 14.0. The lowest BCUT2D eigenvalue weighted by molar-refractivity contribution is 0.0992. The Morgan fingerprint density at radius 1 is 1.26 bits per heavy atom. The molecule has 27 heavy (non-hydrogen) atoms. The van der Waals surface area contributed by atoms with E-state index in [1.165, 1.54) is 13.1 Å². The van der Waals surface area contributed by atoms with Crippen LogP contribution in [0.4, 0.5) is 14.5 Å². The molecule has 0 bridgehead atoms. The first kappa shape index (κ1) is 17.6. The van der Waals surface area contributed by atoms with Gasteiger partial charge in [0.05, 0.1) is 17.4 Å². The number of carbonyl (C=O) groups excluding carboxylic acids is 1. The zero-order valence-electron chi connectivity index (χ0n) is 13.9. The van der Waals surface area contributed by atoms with Crippen molar-refractivity contribution >= 4 is 40.0 Å². The summed E-state index contributed by atoms with van der Waals surface area (Å²) in [6.07, 6.45) is 3.41. The number of amides is 1. The van der Waals surface area contributed by atoms with Crippen LogP contribution < -0.4 is 4.90 Å². The fourth-order valence-corrected chi connectivity index (χ4v) is 3.83. The van der Waals surface area contributed by atoms with Crippen LogP contribution in [0.3, 0.4) is 0 Å². The second-order valence-electron chi connectivity index (χ2n) is 5.69. The van der Waals surface area contributed by atoms with Crippen LogP contribution in [0.5, 0.6) is 0 Å². The standard InChI is InChI=1S/C18H11ClF2N4OS/c1-24(14-6-5-10(20)8-12(14)21)18(26)17-23-15(16(19)27-17)11-9-22-25-7-3-2-4-13(11)25/h2-9H,1H3. The minimum absolute atomic E-state index is 0.0507. The second kappa shape index (κ2) is 6.71. The molecule has 4 aromatic rings. The van der Waals surface area contributed by atoms with Crippen molar-refractivity contribution in [2.24, 2.45) is 0 Å². The lowest BCUT2D eigenvalue weighted by Gasteiger charge is -2.16. The third-order valence-electron chi connectivity index (χ3n) is 4.03. The van der Waals surface area contributed by atoms with Gasteiger partial charge in [-0.25, -0.2) is 18.3 Å². The number of hydrogen-bond donors (Lipinski definition) is 0. The fourth-order valence-electron chi connectivity index (χ4n) is 2.68. The van der Waals surface area contributed by atoms with E-state index < -0.39 is 17.5 Å². The summed E-state index contributed by atoms with van der Waals surface area (Å²) in [5, 5.41) is 4.33. The Morgan fingerprint density at radius 2 is 2.07 bits per heavy atom. The summed E-state index contributed by atoms with van der Waals surface area (Å²) in [5.41, 5.74) is 1.86. The largest absolute Gasteiger partial charge is 0.307 e. The number of carbonyl (C=O) groups is 1. The highest BCUT2D eigenvalue weighted by molar-refractivity contribution is 7.18. The smallest absolute Gasteiger partial charge is 0.287 e. The quantitative estimate of drug-likeness (QED) is 0.498. The number of thiazole rings is 1. The molecule has 9 heteroatoms. The van der Waals surface area contributed by atoms with Crippen molar-refractivity contribution in [2.75, 3.05) is 11.9 Å². The molecule has 4 rings (SSSR count). The summed E-state index contributed by atoms with van der Waals surface area (Å²) in [4.78, 5) is 18.1. The second-order valence-corrected chi connectivity index (χ2v) is 7.29. The number of hydrogen-bond acceptors (Lipinski definition) is 4. The first-order valence-corrected chi connectivity index (χ1v) is 8.97. The molecule has 0 unspecified atom stereocenters. The zero-order chi connectivity index (χ0) is 19.1. The Kier molecular flexibility index (Phi) is 4.37. The molecule has 0 fully saturated rings. The number of pyridine rings is 1. The van der Waals surface area contributed by atoms with E-state index in [4.69, 9.17) is 11.6 Å². The number of aromatic nitrogens is 3.